The Morgan fingerprint density at radius 3 is 2.45 bits per heavy atom. The molecule has 4 heteroatoms. The van der Waals surface area contributed by atoms with Gasteiger partial charge in [0.2, 0.25) is 0 Å². The van der Waals surface area contributed by atoms with Gasteiger partial charge in [-0.1, -0.05) is 43.6 Å². The summed E-state index contributed by atoms with van der Waals surface area (Å²) < 4.78 is 2.08. The van der Waals surface area contributed by atoms with Crippen molar-refractivity contribution in [1.82, 2.24) is 4.98 Å². The molecule has 1 aromatic carbocycles. The molecule has 1 N–H and O–H groups in total. The second-order valence-corrected chi connectivity index (χ2v) is 7.79. The molecular formula is C16H20Br2N2. The Morgan fingerprint density at radius 1 is 1.15 bits per heavy atom. The zero-order valence-electron chi connectivity index (χ0n) is 12.3. The number of hydrogen-bond donors (Lipinski definition) is 1. The zero-order chi connectivity index (χ0) is 14.9. The summed E-state index contributed by atoms with van der Waals surface area (Å²) in [5.41, 5.74) is 3.30. The first-order chi connectivity index (χ1) is 9.32. The van der Waals surface area contributed by atoms with Crippen LogP contribution >= 0.6 is 31.9 Å². The van der Waals surface area contributed by atoms with Crippen LogP contribution in [0.3, 0.4) is 0 Å². The lowest BCUT2D eigenvalue weighted by Crippen LogP contribution is -2.14. The highest BCUT2D eigenvalue weighted by Crippen LogP contribution is 2.35. The van der Waals surface area contributed by atoms with E-state index < -0.39 is 0 Å². The molecule has 0 aliphatic heterocycles. The minimum atomic E-state index is 0.0311. The Bertz CT molecular complexity index is 630. The number of fused-ring (bicyclic) bond motifs is 1. The Hall–Kier alpha value is -0.610. The summed E-state index contributed by atoms with van der Waals surface area (Å²) in [5.74, 6) is 0. The van der Waals surface area contributed by atoms with Crippen LogP contribution < -0.4 is 5.32 Å². The average molecular weight is 400 g/mol. The highest BCUT2D eigenvalue weighted by atomic mass is 79.9. The molecule has 20 heavy (non-hydrogen) atoms. The molecule has 0 spiro atoms. The van der Waals surface area contributed by atoms with Crippen LogP contribution in [0.1, 0.15) is 39.8 Å². The molecule has 1 aromatic heterocycles. The molecule has 0 aliphatic carbocycles. The van der Waals surface area contributed by atoms with Gasteiger partial charge in [-0.2, -0.15) is 0 Å². The number of anilines is 1. The lowest BCUT2D eigenvalue weighted by molar-refractivity contribution is 0.571. The number of hydrogen-bond acceptors (Lipinski definition) is 2. The first-order valence-corrected chi connectivity index (χ1v) is 8.45. The van der Waals surface area contributed by atoms with Gasteiger partial charge in [0.05, 0.1) is 5.52 Å². The number of aromatic nitrogens is 1. The summed E-state index contributed by atoms with van der Waals surface area (Å²) in [4.78, 5) is 4.85. The number of rotatable bonds is 3. The molecule has 0 amide bonds. The van der Waals surface area contributed by atoms with Crippen LogP contribution in [0.25, 0.3) is 10.9 Å². The Labute approximate surface area is 137 Å². The van der Waals surface area contributed by atoms with E-state index in [1.54, 1.807) is 0 Å². The fraction of sp³-hybridized carbons (Fsp3) is 0.438. The van der Waals surface area contributed by atoms with E-state index >= 15 is 0 Å². The maximum absolute atomic E-state index is 4.85. The van der Waals surface area contributed by atoms with Crippen LogP contribution in [0.15, 0.2) is 27.1 Å². The maximum Gasteiger partial charge on any atom is 0.0869 e. The van der Waals surface area contributed by atoms with E-state index in [-0.39, 0.29) is 5.41 Å². The lowest BCUT2D eigenvalue weighted by Gasteiger charge is -2.21. The van der Waals surface area contributed by atoms with Crippen molar-refractivity contribution in [3.8, 4) is 0 Å². The Kier molecular flexibility index (Phi) is 4.75. The number of nitrogens with one attached hydrogen (secondary N) is 1. The number of nitrogens with zero attached hydrogens (tertiary/aromatic N) is 1. The van der Waals surface area contributed by atoms with E-state index in [0.29, 0.717) is 0 Å². The molecule has 0 saturated carbocycles. The summed E-state index contributed by atoms with van der Waals surface area (Å²) in [6.07, 6.45) is 1.10. The molecule has 0 aliphatic rings. The first kappa shape index (κ1) is 15.8. The summed E-state index contributed by atoms with van der Waals surface area (Å²) >= 11 is 7.19. The second-order valence-electron chi connectivity index (χ2n) is 6.02. The third kappa shape index (κ3) is 3.34. The molecule has 0 bridgehead atoms. The van der Waals surface area contributed by atoms with Crippen LogP contribution in [0.4, 0.5) is 5.69 Å². The Morgan fingerprint density at radius 2 is 1.85 bits per heavy atom. The lowest BCUT2D eigenvalue weighted by atomic mass is 9.90. The number of halogens is 2. The van der Waals surface area contributed by atoms with Gasteiger partial charge in [-0.05, 0) is 40.5 Å². The van der Waals surface area contributed by atoms with Gasteiger partial charge >= 0.3 is 0 Å². The minimum absolute atomic E-state index is 0.0311. The summed E-state index contributed by atoms with van der Waals surface area (Å²) in [6, 6.07) is 6.35. The van der Waals surface area contributed by atoms with Crippen LogP contribution in [0.2, 0.25) is 0 Å². The largest absolute Gasteiger partial charge is 0.384 e. The highest BCUT2D eigenvalue weighted by Gasteiger charge is 2.19. The minimum Gasteiger partial charge on any atom is -0.384 e. The molecule has 2 nitrogen and oxygen atoms in total. The van der Waals surface area contributed by atoms with Gasteiger partial charge in [-0.25, -0.2) is 0 Å². The van der Waals surface area contributed by atoms with Gasteiger partial charge in [0.1, 0.15) is 0 Å². The number of pyridine rings is 1. The van der Waals surface area contributed by atoms with E-state index in [4.69, 9.17) is 4.98 Å². The maximum atomic E-state index is 4.85. The SMILES string of the molecule is CCCNc1cc(C(C)(C)C)nc2c(Br)cc(Br)cc12. The van der Waals surface area contributed by atoms with E-state index in [1.807, 2.05) is 6.07 Å². The molecule has 2 rings (SSSR count). The van der Waals surface area contributed by atoms with Crippen LogP contribution in [0.5, 0.6) is 0 Å². The third-order valence-electron chi connectivity index (χ3n) is 3.17. The topological polar surface area (TPSA) is 24.9 Å². The van der Waals surface area contributed by atoms with Crippen molar-refractivity contribution in [2.45, 2.75) is 39.5 Å². The van der Waals surface area contributed by atoms with Crippen LogP contribution in [0, 0.1) is 0 Å². The van der Waals surface area contributed by atoms with E-state index in [1.165, 1.54) is 0 Å². The van der Waals surface area contributed by atoms with Gasteiger partial charge < -0.3 is 5.32 Å². The van der Waals surface area contributed by atoms with Gasteiger partial charge in [0.25, 0.3) is 0 Å². The molecule has 0 saturated heterocycles. The predicted octanol–water partition coefficient (Wildman–Crippen LogP) is 5.88. The predicted molar refractivity (Wildman–Crippen MR) is 94.6 cm³/mol. The molecule has 2 aromatic rings. The molecule has 0 radical (unpaired) electrons. The highest BCUT2D eigenvalue weighted by molar-refractivity contribution is 9.11. The van der Waals surface area contributed by atoms with Crippen LogP contribution in [-0.4, -0.2) is 11.5 Å². The molecular weight excluding hydrogens is 380 g/mol. The van der Waals surface area contributed by atoms with Gasteiger partial charge in [-0.3, -0.25) is 4.98 Å². The summed E-state index contributed by atoms with van der Waals surface area (Å²) in [7, 11) is 0. The quantitative estimate of drug-likeness (QED) is 0.696. The second kappa shape index (κ2) is 6.02. The van der Waals surface area contributed by atoms with Crippen molar-refractivity contribution in [2.24, 2.45) is 0 Å². The smallest absolute Gasteiger partial charge is 0.0869 e. The first-order valence-electron chi connectivity index (χ1n) is 6.87. The van der Waals surface area contributed by atoms with Gasteiger partial charge in [-0.15, -0.1) is 0 Å². The summed E-state index contributed by atoms with van der Waals surface area (Å²) in [6.45, 7) is 9.71. The third-order valence-corrected chi connectivity index (χ3v) is 4.23. The van der Waals surface area contributed by atoms with E-state index in [2.05, 4.69) is 77.0 Å². The molecule has 0 fully saturated rings. The van der Waals surface area contributed by atoms with Crippen molar-refractivity contribution in [3.05, 3.63) is 32.8 Å². The van der Waals surface area contributed by atoms with Crippen molar-refractivity contribution < 1.29 is 0 Å². The van der Waals surface area contributed by atoms with Crippen LogP contribution in [-0.2, 0) is 5.41 Å². The monoisotopic (exact) mass is 398 g/mol. The van der Waals surface area contributed by atoms with Gasteiger partial charge in [0, 0.05) is 37.7 Å². The standard InChI is InChI=1S/C16H20Br2N2/c1-5-6-19-13-9-14(16(2,3)4)20-15-11(13)7-10(17)8-12(15)18/h7-9H,5-6H2,1-4H3,(H,19,20). The normalized spacial score (nSPS) is 11.9. The van der Waals surface area contributed by atoms with Crippen molar-refractivity contribution in [3.63, 3.8) is 0 Å². The Balaban J connectivity index is 2.71. The molecule has 0 unspecified atom stereocenters. The molecule has 1 heterocycles. The van der Waals surface area contributed by atoms with Crippen molar-refractivity contribution >= 4 is 48.5 Å². The van der Waals surface area contributed by atoms with Gasteiger partial charge in [0.15, 0.2) is 0 Å². The summed E-state index contributed by atoms with van der Waals surface area (Å²) in [5, 5.41) is 4.67. The fourth-order valence-electron chi connectivity index (χ4n) is 2.04. The molecule has 0 atom stereocenters. The average Bonchev–Trinajstić information content (AvgIpc) is 2.34. The molecule has 108 valence electrons. The fourth-order valence-corrected chi connectivity index (χ4v) is 3.36. The van der Waals surface area contributed by atoms with E-state index in [0.717, 1.165) is 44.2 Å². The number of benzene rings is 1. The van der Waals surface area contributed by atoms with Crippen molar-refractivity contribution in [1.29, 1.82) is 0 Å². The van der Waals surface area contributed by atoms with Crippen molar-refractivity contribution in [2.75, 3.05) is 11.9 Å². The zero-order valence-corrected chi connectivity index (χ0v) is 15.5. The van der Waals surface area contributed by atoms with E-state index in [9.17, 15) is 0 Å².